The van der Waals surface area contributed by atoms with Crippen molar-refractivity contribution in [3.05, 3.63) is 28.3 Å². The van der Waals surface area contributed by atoms with Crippen LogP contribution in [0.25, 0.3) is 0 Å². The van der Waals surface area contributed by atoms with Gasteiger partial charge in [-0.25, -0.2) is 13.2 Å². The fourth-order valence-electron chi connectivity index (χ4n) is 1.30. The smallest absolute Gasteiger partial charge is 0.345 e. The molecule has 2 N–H and O–H groups in total. The van der Waals surface area contributed by atoms with Gasteiger partial charge in [0.1, 0.15) is 21.7 Å². The Morgan fingerprint density at radius 1 is 1.56 bits per heavy atom. The van der Waals surface area contributed by atoms with Gasteiger partial charge >= 0.3 is 5.97 Å². The van der Waals surface area contributed by atoms with Crippen LogP contribution in [-0.4, -0.2) is 24.7 Å². The topological polar surface area (TPSA) is 110 Å². The van der Waals surface area contributed by atoms with Crippen molar-refractivity contribution in [2.75, 3.05) is 4.72 Å². The minimum atomic E-state index is -3.83. The highest BCUT2D eigenvalue weighted by molar-refractivity contribution is 7.93. The van der Waals surface area contributed by atoms with E-state index in [1.807, 2.05) is 0 Å². The van der Waals surface area contributed by atoms with Crippen LogP contribution in [0.2, 0.25) is 0 Å². The summed E-state index contributed by atoms with van der Waals surface area (Å²) in [7, 11) is -3.83. The zero-order chi connectivity index (χ0) is 13.3. The molecule has 2 aromatic rings. The van der Waals surface area contributed by atoms with Crippen LogP contribution in [0.5, 0.6) is 0 Å². The summed E-state index contributed by atoms with van der Waals surface area (Å²) in [6.07, 6.45) is 2.34. The summed E-state index contributed by atoms with van der Waals surface area (Å²) in [5, 5.41) is 12.2. The monoisotopic (exact) mass is 288 g/mol. The number of anilines is 1. The van der Waals surface area contributed by atoms with E-state index in [4.69, 9.17) is 5.11 Å². The Kier molecular flexibility index (Phi) is 3.09. The summed E-state index contributed by atoms with van der Waals surface area (Å²) in [6, 6.07) is 1.12. The number of thiophene rings is 1. The molecule has 0 aliphatic heterocycles. The normalized spacial score (nSPS) is 11.4. The number of aryl methyl sites for hydroxylation is 1. The molecule has 96 valence electrons. The van der Waals surface area contributed by atoms with E-state index in [1.165, 1.54) is 6.20 Å². The van der Waals surface area contributed by atoms with Crippen LogP contribution in [0.1, 0.15) is 14.5 Å². The van der Waals surface area contributed by atoms with Crippen molar-refractivity contribution in [1.29, 1.82) is 0 Å². The number of carboxylic acids is 1. The number of carboxylic acid groups (broad SMARTS) is 1. The molecule has 2 rings (SSSR count). The van der Waals surface area contributed by atoms with Gasteiger partial charge in [0, 0.05) is 4.88 Å². The third-order valence-electron chi connectivity index (χ3n) is 2.06. The highest BCUT2D eigenvalue weighted by Gasteiger charge is 2.22. The molecule has 0 radical (unpaired) electrons. The van der Waals surface area contributed by atoms with E-state index in [0.717, 1.165) is 23.7 Å². The van der Waals surface area contributed by atoms with E-state index in [1.54, 1.807) is 6.92 Å². The summed E-state index contributed by atoms with van der Waals surface area (Å²) in [4.78, 5) is 11.1. The summed E-state index contributed by atoms with van der Waals surface area (Å²) >= 11 is 0.904. The lowest BCUT2D eigenvalue weighted by atomic mass is 10.4. The second-order valence-electron chi connectivity index (χ2n) is 3.35. The van der Waals surface area contributed by atoms with Gasteiger partial charge in [-0.15, -0.1) is 11.3 Å². The van der Waals surface area contributed by atoms with Crippen molar-refractivity contribution in [2.24, 2.45) is 0 Å². The molecule has 0 spiro atoms. The predicted octanol–water partition coefficient (Wildman–Crippen LogP) is 1.54. The maximum absolute atomic E-state index is 12.0. The van der Waals surface area contributed by atoms with Crippen LogP contribution in [-0.2, 0) is 10.0 Å². The van der Waals surface area contributed by atoms with E-state index in [9.17, 15) is 13.2 Å². The molecule has 0 aromatic carbocycles. The first-order chi connectivity index (χ1) is 8.40. The van der Waals surface area contributed by atoms with Gasteiger partial charge < -0.3 is 9.63 Å². The fraction of sp³-hybridized carbons (Fsp3) is 0.111. The van der Waals surface area contributed by atoms with Gasteiger partial charge in [-0.2, -0.15) is 0 Å². The first-order valence-electron chi connectivity index (χ1n) is 4.66. The Morgan fingerprint density at radius 2 is 2.28 bits per heavy atom. The lowest BCUT2D eigenvalue weighted by Crippen LogP contribution is -2.12. The first kappa shape index (κ1) is 12.6. The number of nitrogens with one attached hydrogen (secondary N) is 1. The molecular weight excluding hydrogens is 280 g/mol. The van der Waals surface area contributed by atoms with Gasteiger partial charge in [0.25, 0.3) is 10.0 Å². The zero-order valence-electron chi connectivity index (χ0n) is 9.08. The Hall–Kier alpha value is -1.87. The van der Waals surface area contributed by atoms with Crippen LogP contribution in [0.4, 0.5) is 5.69 Å². The standard InChI is InChI=1S/C9H8N2O5S2/c1-5-8(2-7(17-5)9(12)13)18(14,15)11-6-3-10-16-4-6/h2-4,11H,1H3,(H,12,13). The molecule has 0 amide bonds. The second-order valence-corrected chi connectivity index (χ2v) is 6.26. The van der Waals surface area contributed by atoms with Crippen LogP contribution < -0.4 is 4.72 Å². The van der Waals surface area contributed by atoms with Crippen LogP contribution in [0.15, 0.2) is 27.9 Å². The van der Waals surface area contributed by atoms with E-state index in [2.05, 4.69) is 14.4 Å². The molecule has 0 fully saturated rings. The lowest BCUT2D eigenvalue weighted by molar-refractivity contribution is 0.0702. The molecule has 18 heavy (non-hydrogen) atoms. The van der Waals surface area contributed by atoms with Crippen molar-refractivity contribution in [1.82, 2.24) is 5.16 Å². The minimum absolute atomic E-state index is 0.0295. The summed E-state index contributed by atoms with van der Waals surface area (Å²) < 4.78 is 30.7. The molecule has 2 heterocycles. The number of nitrogens with zero attached hydrogens (tertiary/aromatic N) is 1. The van der Waals surface area contributed by atoms with E-state index >= 15 is 0 Å². The van der Waals surface area contributed by atoms with Gasteiger partial charge in [0.15, 0.2) is 0 Å². The number of carbonyl (C=O) groups is 1. The van der Waals surface area contributed by atoms with Gasteiger partial charge in [0.2, 0.25) is 0 Å². The Morgan fingerprint density at radius 3 is 2.78 bits per heavy atom. The molecule has 2 aromatic heterocycles. The summed E-state index contributed by atoms with van der Waals surface area (Å²) in [5.74, 6) is -1.16. The van der Waals surface area contributed by atoms with Gasteiger partial charge in [-0.3, -0.25) is 4.72 Å². The number of hydrogen-bond donors (Lipinski definition) is 2. The Bertz CT molecular complexity index is 672. The summed E-state index contributed by atoms with van der Waals surface area (Å²) in [5.41, 5.74) is 0.178. The van der Waals surface area contributed by atoms with Crippen molar-refractivity contribution < 1.29 is 22.8 Å². The second kappa shape index (κ2) is 4.42. The Labute approximate surface area is 106 Å². The molecule has 0 bridgehead atoms. The van der Waals surface area contributed by atoms with Crippen molar-refractivity contribution in [3.8, 4) is 0 Å². The van der Waals surface area contributed by atoms with Gasteiger partial charge in [0.05, 0.1) is 6.20 Å². The molecule has 0 aliphatic carbocycles. The molecule has 0 aliphatic rings. The van der Waals surface area contributed by atoms with Crippen LogP contribution in [0, 0.1) is 6.92 Å². The first-order valence-corrected chi connectivity index (χ1v) is 6.96. The number of rotatable bonds is 4. The maximum Gasteiger partial charge on any atom is 0.345 e. The summed E-state index contributed by atoms with van der Waals surface area (Å²) in [6.45, 7) is 1.54. The SMILES string of the molecule is Cc1sc(C(=O)O)cc1S(=O)(=O)Nc1cnoc1. The highest BCUT2D eigenvalue weighted by Crippen LogP contribution is 2.27. The average Bonchev–Trinajstić information content (AvgIpc) is 2.86. The largest absolute Gasteiger partial charge is 0.477 e. The quantitative estimate of drug-likeness (QED) is 0.883. The molecular formula is C9H8N2O5S2. The third kappa shape index (κ3) is 2.36. The lowest BCUT2D eigenvalue weighted by Gasteiger charge is -2.03. The average molecular weight is 288 g/mol. The van der Waals surface area contributed by atoms with Crippen LogP contribution >= 0.6 is 11.3 Å². The maximum atomic E-state index is 12.0. The predicted molar refractivity (Wildman–Crippen MR) is 63.3 cm³/mol. The van der Waals surface area contributed by atoms with Crippen molar-refractivity contribution >= 4 is 33.0 Å². The molecule has 0 atom stereocenters. The van der Waals surface area contributed by atoms with E-state index < -0.39 is 16.0 Å². The molecule has 9 heteroatoms. The molecule has 0 unspecified atom stereocenters. The van der Waals surface area contributed by atoms with Crippen LogP contribution in [0.3, 0.4) is 0 Å². The minimum Gasteiger partial charge on any atom is -0.477 e. The molecule has 7 nitrogen and oxygen atoms in total. The van der Waals surface area contributed by atoms with Crippen molar-refractivity contribution in [3.63, 3.8) is 0 Å². The fourth-order valence-corrected chi connectivity index (χ4v) is 3.76. The van der Waals surface area contributed by atoms with Crippen molar-refractivity contribution in [2.45, 2.75) is 11.8 Å². The molecule has 0 saturated carbocycles. The number of sulfonamides is 1. The molecule has 0 saturated heterocycles. The highest BCUT2D eigenvalue weighted by atomic mass is 32.2. The zero-order valence-corrected chi connectivity index (χ0v) is 10.7. The number of aromatic carboxylic acids is 1. The Balaban J connectivity index is 2.38. The number of hydrogen-bond acceptors (Lipinski definition) is 6. The third-order valence-corrected chi connectivity index (χ3v) is 4.73. The number of aromatic nitrogens is 1. The van der Waals surface area contributed by atoms with Gasteiger partial charge in [-0.1, -0.05) is 5.16 Å². The van der Waals surface area contributed by atoms with Gasteiger partial charge in [-0.05, 0) is 13.0 Å². The van der Waals surface area contributed by atoms with E-state index in [0.29, 0.717) is 4.88 Å². The van der Waals surface area contributed by atoms with E-state index in [-0.39, 0.29) is 15.5 Å².